The molecule has 0 atom stereocenters. The molecule has 0 aliphatic heterocycles. The van der Waals surface area contributed by atoms with E-state index in [1.54, 1.807) is 4.57 Å². The summed E-state index contributed by atoms with van der Waals surface area (Å²) >= 11 is 0. The molecule has 0 aliphatic rings. The third-order valence-electron chi connectivity index (χ3n) is 4.64. The van der Waals surface area contributed by atoms with Crippen molar-refractivity contribution in [3.05, 3.63) is 50.7 Å². The van der Waals surface area contributed by atoms with Gasteiger partial charge in [0.25, 0.3) is 5.56 Å². The minimum absolute atomic E-state index is 0.149. The first-order chi connectivity index (χ1) is 13.6. The van der Waals surface area contributed by atoms with Gasteiger partial charge in [-0.25, -0.2) is 9.78 Å². The van der Waals surface area contributed by atoms with Gasteiger partial charge in [-0.05, 0) is 24.5 Å². The van der Waals surface area contributed by atoms with Crippen molar-refractivity contribution in [2.45, 2.75) is 52.9 Å². The predicted molar refractivity (Wildman–Crippen MR) is 105 cm³/mol. The van der Waals surface area contributed by atoms with Crippen LogP contribution in [-0.2, 0) is 19.3 Å². The SMILES string of the molecule is CCCCn1c(=O)[nH]c(=O)c2c1nc(-c1ccc(C(F)(F)F)cc1)n2CC(C)C. The molecule has 29 heavy (non-hydrogen) atoms. The van der Waals surface area contributed by atoms with Crippen LogP contribution in [0.2, 0.25) is 0 Å². The summed E-state index contributed by atoms with van der Waals surface area (Å²) in [6.07, 6.45) is -2.85. The van der Waals surface area contributed by atoms with Crippen LogP contribution in [0.15, 0.2) is 33.9 Å². The number of hydrogen-bond donors (Lipinski definition) is 1. The van der Waals surface area contributed by atoms with Gasteiger partial charge in [-0.15, -0.1) is 0 Å². The molecule has 0 saturated heterocycles. The van der Waals surface area contributed by atoms with Crippen LogP contribution in [0.4, 0.5) is 13.2 Å². The lowest BCUT2D eigenvalue weighted by Gasteiger charge is -2.12. The third kappa shape index (κ3) is 4.13. The second-order valence-electron chi connectivity index (χ2n) is 7.45. The van der Waals surface area contributed by atoms with Gasteiger partial charge in [-0.2, -0.15) is 13.2 Å². The maximum Gasteiger partial charge on any atom is 0.416 e. The third-order valence-corrected chi connectivity index (χ3v) is 4.64. The lowest BCUT2D eigenvalue weighted by molar-refractivity contribution is -0.137. The molecule has 0 saturated carbocycles. The average Bonchev–Trinajstić information content (AvgIpc) is 3.00. The van der Waals surface area contributed by atoms with E-state index in [9.17, 15) is 22.8 Å². The van der Waals surface area contributed by atoms with Crippen molar-refractivity contribution in [3.8, 4) is 11.4 Å². The van der Waals surface area contributed by atoms with Crippen LogP contribution in [0.1, 0.15) is 39.2 Å². The Hall–Kier alpha value is -2.84. The van der Waals surface area contributed by atoms with Gasteiger partial charge in [0, 0.05) is 18.7 Å². The van der Waals surface area contributed by atoms with E-state index < -0.39 is 23.0 Å². The largest absolute Gasteiger partial charge is 0.416 e. The Balaban J connectivity index is 2.27. The van der Waals surface area contributed by atoms with Crippen molar-refractivity contribution < 1.29 is 13.2 Å². The minimum Gasteiger partial charge on any atom is -0.318 e. The fraction of sp³-hybridized carbons (Fsp3) is 0.450. The number of fused-ring (bicyclic) bond motifs is 1. The highest BCUT2D eigenvalue weighted by Crippen LogP contribution is 2.31. The maximum absolute atomic E-state index is 12.9. The number of aryl methyl sites for hydroxylation is 1. The number of nitrogens with zero attached hydrogens (tertiary/aromatic N) is 3. The van der Waals surface area contributed by atoms with Crippen LogP contribution in [0.3, 0.4) is 0 Å². The van der Waals surface area contributed by atoms with Crippen molar-refractivity contribution >= 4 is 11.2 Å². The second kappa shape index (κ2) is 7.88. The first-order valence-electron chi connectivity index (χ1n) is 9.54. The van der Waals surface area contributed by atoms with Crippen LogP contribution < -0.4 is 11.2 Å². The van der Waals surface area contributed by atoms with Gasteiger partial charge in [0.05, 0.1) is 5.56 Å². The summed E-state index contributed by atoms with van der Waals surface area (Å²) in [4.78, 5) is 31.8. The second-order valence-corrected chi connectivity index (χ2v) is 7.45. The number of alkyl halides is 3. The highest BCUT2D eigenvalue weighted by atomic mass is 19.4. The summed E-state index contributed by atoms with van der Waals surface area (Å²) in [7, 11) is 0. The summed E-state index contributed by atoms with van der Waals surface area (Å²) in [6, 6.07) is 4.65. The molecule has 156 valence electrons. The van der Waals surface area contributed by atoms with Crippen LogP contribution in [-0.4, -0.2) is 19.1 Å². The van der Waals surface area contributed by atoms with Crippen molar-refractivity contribution in [3.63, 3.8) is 0 Å². The normalized spacial score (nSPS) is 12.2. The Morgan fingerprint density at radius 1 is 1.10 bits per heavy atom. The number of imidazole rings is 1. The van der Waals surface area contributed by atoms with Gasteiger partial charge in [0.1, 0.15) is 5.82 Å². The number of unbranched alkanes of at least 4 members (excludes halogenated alkanes) is 1. The number of halogens is 3. The van der Waals surface area contributed by atoms with Crippen molar-refractivity contribution in [2.75, 3.05) is 0 Å². The van der Waals surface area contributed by atoms with Gasteiger partial charge in [0.2, 0.25) is 0 Å². The average molecular weight is 408 g/mol. The topological polar surface area (TPSA) is 72.7 Å². The van der Waals surface area contributed by atoms with E-state index in [1.165, 1.54) is 16.7 Å². The Bertz CT molecular complexity index is 1120. The molecule has 3 rings (SSSR count). The smallest absolute Gasteiger partial charge is 0.318 e. The molecule has 0 amide bonds. The number of rotatable bonds is 6. The molecule has 6 nitrogen and oxygen atoms in total. The van der Waals surface area contributed by atoms with Gasteiger partial charge in [-0.3, -0.25) is 14.3 Å². The molecular formula is C20H23F3N4O2. The van der Waals surface area contributed by atoms with Crippen molar-refractivity contribution in [1.82, 2.24) is 19.1 Å². The van der Waals surface area contributed by atoms with E-state index in [0.29, 0.717) is 24.5 Å². The zero-order valence-electron chi connectivity index (χ0n) is 16.5. The molecule has 2 aromatic heterocycles. The summed E-state index contributed by atoms with van der Waals surface area (Å²) in [5, 5.41) is 0. The van der Waals surface area contributed by atoms with Crippen LogP contribution in [0.25, 0.3) is 22.6 Å². The molecule has 2 heterocycles. The van der Waals surface area contributed by atoms with E-state index >= 15 is 0 Å². The molecule has 9 heteroatoms. The van der Waals surface area contributed by atoms with Gasteiger partial charge in [0.15, 0.2) is 11.2 Å². The summed E-state index contributed by atoms with van der Waals surface area (Å²) in [6.45, 7) is 6.74. The first kappa shape index (κ1) is 20.9. The van der Waals surface area contributed by atoms with E-state index in [1.807, 2.05) is 20.8 Å². The zero-order chi connectivity index (χ0) is 21.3. The molecule has 0 spiro atoms. The number of nitrogens with one attached hydrogen (secondary N) is 1. The number of H-pyrrole nitrogens is 1. The quantitative estimate of drug-likeness (QED) is 0.669. The number of aromatic nitrogens is 4. The lowest BCUT2D eigenvalue weighted by atomic mass is 10.1. The zero-order valence-corrected chi connectivity index (χ0v) is 16.5. The van der Waals surface area contributed by atoms with E-state index in [0.717, 1.165) is 25.0 Å². The summed E-state index contributed by atoms with van der Waals surface area (Å²) in [5.74, 6) is 0.514. The Kier molecular flexibility index (Phi) is 5.68. The molecule has 0 unspecified atom stereocenters. The van der Waals surface area contributed by atoms with E-state index in [-0.39, 0.29) is 17.1 Å². The highest BCUT2D eigenvalue weighted by molar-refractivity contribution is 5.77. The maximum atomic E-state index is 12.9. The number of hydrogen-bond acceptors (Lipinski definition) is 3. The van der Waals surface area contributed by atoms with Crippen molar-refractivity contribution in [2.24, 2.45) is 5.92 Å². The van der Waals surface area contributed by atoms with Gasteiger partial charge in [-0.1, -0.05) is 39.3 Å². The van der Waals surface area contributed by atoms with Crippen LogP contribution in [0, 0.1) is 5.92 Å². The molecule has 1 N–H and O–H groups in total. The molecule has 0 fully saturated rings. The summed E-state index contributed by atoms with van der Waals surface area (Å²) in [5.41, 5.74) is -0.894. The molecule has 3 aromatic rings. The minimum atomic E-state index is -4.44. The van der Waals surface area contributed by atoms with Gasteiger partial charge >= 0.3 is 11.9 Å². The Morgan fingerprint density at radius 3 is 2.31 bits per heavy atom. The first-order valence-corrected chi connectivity index (χ1v) is 9.54. The number of aromatic amines is 1. The molecule has 0 radical (unpaired) electrons. The Labute approximate surface area is 165 Å². The fourth-order valence-corrected chi connectivity index (χ4v) is 3.27. The molecule has 0 aliphatic carbocycles. The predicted octanol–water partition coefficient (Wildman–Crippen LogP) is 4.03. The van der Waals surface area contributed by atoms with Crippen LogP contribution in [0.5, 0.6) is 0 Å². The highest BCUT2D eigenvalue weighted by Gasteiger charge is 2.30. The Morgan fingerprint density at radius 2 is 1.76 bits per heavy atom. The summed E-state index contributed by atoms with van der Waals surface area (Å²) < 4.78 is 41.8. The van der Waals surface area contributed by atoms with E-state index in [4.69, 9.17) is 0 Å². The number of benzene rings is 1. The molecule has 0 bridgehead atoms. The van der Waals surface area contributed by atoms with Crippen molar-refractivity contribution in [1.29, 1.82) is 0 Å². The standard InChI is InChI=1S/C20H23F3N4O2/c1-4-5-10-26-17-15(18(28)25-19(26)29)27(11-12(2)3)16(24-17)13-6-8-14(9-7-13)20(21,22)23/h6-9,12H,4-5,10-11H2,1-3H3,(H,25,28,29). The monoisotopic (exact) mass is 408 g/mol. The van der Waals surface area contributed by atoms with Crippen LogP contribution >= 0.6 is 0 Å². The van der Waals surface area contributed by atoms with E-state index in [2.05, 4.69) is 9.97 Å². The van der Waals surface area contributed by atoms with Gasteiger partial charge < -0.3 is 4.57 Å². The lowest BCUT2D eigenvalue weighted by Crippen LogP contribution is -2.31. The molecular weight excluding hydrogens is 385 g/mol. The molecule has 1 aromatic carbocycles. The fourth-order valence-electron chi connectivity index (χ4n) is 3.27.